The van der Waals surface area contributed by atoms with E-state index in [0.717, 1.165) is 24.4 Å². The molecule has 24 heavy (non-hydrogen) atoms. The lowest BCUT2D eigenvalue weighted by Crippen LogP contribution is -2.23. The summed E-state index contributed by atoms with van der Waals surface area (Å²) >= 11 is 0. The zero-order valence-corrected chi connectivity index (χ0v) is 16.7. The molecule has 0 heterocycles. The molecule has 0 N–H and O–H groups in total. The molecule has 2 fully saturated rings. The standard InChI is InChI=1S/C23H44O/c1-3-5-6-7-19-24-23-17-15-22(16-18-23)14-13-21-11-9-20(8-4-2)10-12-21/h20-23H,3-19H2,1-2H3. The van der Waals surface area contributed by atoms with Crippen LogP contribution in [0.3, 0.4) is 0 Å². The van der Waals surface area contributed by atoms with Gasteiger partial charge in [-0.15, -0.1) is 0 Å². The number of hydrogen-bond donors (Lipinski definition) is 0. The van der Waals surface area contributed by atoms with E-state index >= 15 is 0 Å². The van der Waals surface area contributed by atoms with E-state index in [2.05, 4.69) is 13.8 Å². The average Bonchev–Trinajstić information content (AvgIpc) is 2.62. The third-order valence-electron chi connectivity index (χ3n) is 6.79. The molecular weight excluding hydrogens is 292 g/mol. The van der Waals surface area contributed by atoms with E-state index < -0.39 is 0 Å². The van der Waals surface area contributed by atoms with Gasteiger partial charge in [-0.1, -0.05) is 84.5 Å². The van der Waals surface area contributed by atoms with Crippen molar-refractivity contribution in [1.29, 1.82) is 0 Å². The van der Waals surface area contributed by atoms with E-state index in [1.54, 1.807) is 0 Å². The molecule has 0 aromatic carbocycles. The van der Waals surface area contributed by atoms with Crippen molar-refractivity contribution >= 4 is 0 Å². The molecule has 2 aliphatic carbocycles. The van der Waals surface area contributed by atoms with Gasteiger partial charge >= 0.3 is 0 Å². The topological polar surface area (TPSA) is 9.23 Å². The van der Waals surface area contributed by atoms with Crippen LogP contribution in [0.15, 0.2) is 0 Å². The van der Waals surface area contributed by atoms with E-state index in [-0.39, 0.29) is 0 Å². The Bertz CT molecular complexity index is 284. The largest absolute Gasteiger partial charge is 0.378 e. The molecule has 1 nitrogen and oxygen atoms in total. The fourth-order valence-corrected chi connectivity index (χ4v) is 5.05. The minimum absolute atomic E-state index is 0.590. The second kappa shape index (κ2) is 12.3. The Labute approximate surface area is 152 Å². The van der Waals surface area contributed by atoms with Gasteiger partial charge in [0.15, 0.2) is 0 Å². The minimum Gasteiger partial charge on any atom is -0.378 e. The van der Waals surface area contributed by atoms with Crippen molar-refractivity contribution in [3.63, 3.8) is 0 Å². The first-order valence-electron chi connectivity index (χ1n) is 11.4. The predicted molar refractivity (Wildman–Crippen MR) is 105 cm³/mol. The third kappa shape index (κ3) is 7.89. The molecule has 2 aliphatic rings. The summed E-state index contributed by atoms with van der Waals surface area (Å²) in [5, 5.41) is 0. The zero-order chi connectivity index (χ0) is 17.0. The maximum atomic E-state index is 6.11. The average molecular weight is 337 g/mol. The van der Waals surface area contributed by atoms with Crippen LogP contribution < -0.4 is 0 Å². The molecule has 0 amide bonds. The molecule has 0 aromatic rings. The highest BCUT2D eigenvalue weighted by Gasteiger charge is 2.24. The molecule has 0 atom stereocenters. The predicted octanol–water partition coefficient (Wildman–Crippen LogP) is 7.53. The van der Waals surface area contributed by atoms with Gasteiger partial charge in [-0.05, 0) is 49.9 Å². The summed E-state index contributed by atoms with van der Waals surface area (Å²) in [6.07, 6.45) is 23.5. The number of unbranched alkanes of at least 4 members (excludes halogenated alkanes) is 3. The molecule has 0 unspecified atom stereocenters. The number of ether oxygens (including phenoxy) is 1. The first-order chi connectivity index (χ1) is 11.8. The van der Waals surface area contributed by atoms with E-state index in [1.165, 1.54) is 103 Å². The maximum Gasteiger partial charge on any atom is 0.0575 e. The molecule has 0 spiro atoms. The lowest BCUT2D eigenvalue weighted by Gasteiger charge is -2.32. The van der Waals surface area contributed by atoms with Crippen molar-refractivity contribution in [2.75, 3.05) is 6.61 Å². The summed E-state index contributed by atoms with van der Waals surface area (Å²) in [6.45, 7) is 5.63. The van der Waals surface area contributed by atoms with Crippen LogP contribution in [0.25, 0.3) is 0 Å². The highest BCUT2D eigenvalue weighted by molar-refractivity contribution is 4.77. The van der Waals surface area contributed by atoms with Crippen LogP contribution in [-0.2, 0) is 4.74 Å². The van der Waals surface area contributed by atoms with Gasteiger partial charge in [0.05, 0.1) is 6.10 Å². The second-order valence-corrected chi connectivity index (χ2v) is 8.83. The van der Waals surface area contributed by atoms with Gasteiger partial charge in [-0.3, -0.25) is 0 Å². The van der Waals surface area contributed by atoms with Crippen LogP contribution in [0.1, 0.15) is 117 Å². The van der Waals surface area contributed by atoms with Crippen molar-refractivity contribution in [2.24, 2.45) is 17.8 Å². The monoisotopic (exact) mass is 336 g/mol. The van der Waals surface area contributed by atoms with Gasteiger partial charge < -0.3 is 4.74 Å². The van der Waals surface area contributed by atoms with Gasteiger partial charge in [0.1, 0.15) is 0 Å². The molecule has 0 bridgehead atoms. The van der Waals surface area contributed by atoms with Crippen molar-refractivity contribution in [1.82, 2.24) is 0 Å². The van der Waals surface area contributed by atoms with Gasteiger partial charge in [-0.25, -0.2) is 0 Å². The highest BCUT2D eigenvalue weighted by atomic mass is 16.5. The normalized spacial score (nSPS) is 31.2. The Morgan fingerprint density at radius 1 is 0.583 bits per heavy atom. The minimum atomic E-state index is 0.590. The zero-order valence-electron chi connectivity index (χ0n) is 16.7. The number of rotatable bonds is 11. The Morgan fingerprint density at radius 3 is 1.67 bits per heavy atom. The van der Waals surface area contributed by atoms with E-state index in [1.807, 2.05) is 0 Å². The van der Waals surface area contributed by atoms with Crippen LogP contribution in [0.2, 0.25) is 0 Å². The molecule has 1 heteroatoms. The molecule has 0 aromatic heterocycles. The van der Waals surface area contributed by atoms with Gasteiger partial charge in [-0.2, -0.15) is 0 Å². The summed E-state index contributed by atoms with van der Waals surface area (Å²) in [5.74, 6) is 3.14. The molecule has 142 valence electrons. The van der Waals surface area contributed by atoms with Crippen LogP contribution in [0, 0.1) is 17.8 Å². The van der Waals surface area contributed by atoms with Crippen molar-refractivity contribution in [3.8, 4) is 0 Å². The van der Waals surface area contributed by atoms with Gasteiger partial charge in [0.2, 0.25) is 0 Å². The Morgan fingerprint density at radius 2 is 1.12 bits per heavy atom. The molecule has 0 saturated heterocycles. The SMILES string of the molecule is CCCCCCOC1CCC(CCC2CCC(CCC)CC2)CC1. The summed E-state index contributed by atoms with van der Waals surface area (Å²) in [7, 11) is 0. The Hall–Kier alpha value is -0.0400. The first-order valence-corrected chi connectivity index (χ1v) is 11.4. The lowest BCUT2D eigenvalue weighted by molar-refractivity contribution is 0.0145. The lowest BCUT2D eigenvalue weighted by atomic mass is 9.76. The van der Waals surface area contributed by atoms with E-state index in [4.69, 9.17) is 4.74 Å². The first kappa shape index (κ1) is 20.3. The van der Waals surface area contributed by atoms with E-state index in [9.17, 15) is 0 Å². The van der Waals surface area contributed by atoms with Crippen LogP contribution in [0.4, 0.5) is 0 Å². The third-order valence-corrected chi connectivity index (χ3v) is 6.79. The summed E-state index contributed by atoms with van der Waals surface area (Å²) in [6, 6.07) is 0. The second-order valence-electron chi connectivity index (χ2n) is 8.83. The highest BCUT2D eigenvalue weighted by Crippen LogP contribution is 2.36. The number of hydrogen-bond acceptors (Lipinski definition) is 1. The Kier molecular flexibility index (Phi) is 10.4. The molecular formula is C23H44O. The van der Waals surface area contributed by atoms with Crippen LogP contribution in [0.5, 0.6) is 0 Å². The van der Waals surface area contributed by atoms with Crippen molar-refractivity contribution in [2.45, 2.75) is 123 Å². The molecule has 0 aliphatic heterocycles. The van der Waals surface area contributed by atoms with Crippen molar-refractivity contribution in [3.05, 3.63) is 0 Å². The van der Waals surface area contributed by atoms with Gasteiger partial charge in [0.25, 0.3) is 0 Å². The smallest absolute Gasteiger partial charge is 0.0575 e. The maximum absolute atomic E-state index is 6.11. The van der Waals surface area contributed by atoms with Crippen LogP contribution in [-0.4, -0.2) is 12.7 Å². The summed E-state index contributed by atoms with van der Waals surface area (Å²) in [4.78, 5) is 0. The van der Waals surface area contributed by atoms with Gasteiger partial charge in [0, 0.05) is 6.61 Å². The summed E-state index contributed by atoms with van der Waals surface area (Å²) < 4.78 is 6.11. The fourth-order valence-electron chi connectivity index (χ4n) is 5.05. The van der Waals surface area contributed by atoms with Crippen molar-refractivity contribution < 1.29 is 4.74 Å². The van der Waals surface area contributed by atoms with E-state index in [0.29, 0.717) is 6.10 Å². The quantitative estimate of drug-likeness (QED) is 0.354. The summed E-state index contributed by atoms with van der Waals surface area (Å²) in [5.41, 5.74) is 0. The molecule has 2 rings (SSSR count). The Balaban J connectivity index is 1.48. The fraction of sp³-hybridized carbons (Fsp3) is 1.00. The molecule has 0 radical (unpaired) electrons. The molecule has 2 saturated carbocycles. The van der Waals surface area contributed by atoms with Crippen LogP contribution >= 0.6 is 0 Å².